The second-order valence-corrected chi connectivity index (χ2v) is 6.71. The van der Waals surface area contributed by atoms with Crippen molar-refractivity contribution in [1.82, 2.24) is 14.8 Å². The number of thiophene rings is 1. The largest absolute Gasteiger partial charge is 0.465 e. The van der Waals surface area contributed by atoms with Crippen LogP contribution < -0.4 is 0 Å². The lowest BCUT2D eigenvalue weighted by Gasteiger charge is -2.04. The number of esters is 1. The zero-order chi connectivity index (χ0) is 16.2. The van der Waals surface area contributed by atoms with Gasteiger partial charge in [0.05, 0.1) is 17.6 Å². The van der Waals surface area contributed by atoms with Crippen LogP contribution in [0.2, 0.25) is 0 Å². The van der Waals surface area contributed by atoms with E-state index in [2.05, 4.69) is 10.2 Å². The second-order valence-electron chi connectivity index (χ2n) is 4.82. The molecule has 118 valence electrons. The van der Waals surface area contributed by atoms with Crippen LogP contribution >= 0.6 is 23.1 Å². The Labute approximate surface area is 142 Å². The van der Waals surface area contributed by atoms with E-state index in [1.807, 2.05) is 47.3 Å². The summed E-state index contributed by atoms with van der Waals surface area (Å²) in [7, 11) is 3.34. The minimum Gasteiger partial charge on any atom is -0.465 e. The summed E-state index contributed by atoms with van der Waals surface area (Å²) in [6, 6.07) is 11.5. The Hall–Kier alpha value is -2.12. The maximum atomic E-state index is 11.6. The number of benzene rings is 1. The zero-order valence-corrected chi connectivity index (χ0v) is 14.4. The molecule has 1 aromatic carbocycles. The van der Waals surface area contributed by atoms with Gasteiger partial charge in [-0.25, -0.2) is 4.79 Å². The number of carbonyl (C=O) groups is 1. The van der Waals surface area contributed by atoms with Crippen molar-refractivity contribution >= 4 is 29.1 Å². The number of carbonyl (C=O) groups excluding carboxylic acids is 1. The second kappa shape index (κ2) is 6.97. The van der Waals surface area contributed by atoms with Gasteiger partial charge in [-0.1, -0.05) is 30.0 Å². The van der Waals surface area contributed by atoms with Gasteiger partial charge in [0.1, 0.15) is 0 Å². The van der Waals surface area contributed by atoms with Crippen molar-refractivity contribution < 1.29 is 9.53 Å². The summed E-state index contributed by atoms with van der Waals surface area (Å²) in [5.74, 6) is 1.25. The fourth-order valence-electron chi connectivity index (χ4n) is 2.11. The Balaban J connectivity index is 1.73. The highest BCUT2D eigenvalue weighted by Gasteiger charge is 2.12. The van der Waals surface area contributed by atoms with E-state index in [-0.39, 0.29) is 5.97 Å². The van der Waals surface area contributed by atoms with Crippen LogP contribution in [-0.2, 0) is 17.5 Å². The van der Waals surface area contributed by atoms with Gasteiger partial charge in [-0.3, -0.25) is 0 Å². The fraction of sp³-hybridized carbons (Fsp3) is 0.188. The van der Waals surface area contributed by atoms with Crippen molar-refractivity contribution in [2.75, 3.05) is 7.11 Å². The summed E-state index contributed by atoms with van der Waals surface area (Å²) in [5, 5.41) is 11.4. The lowest BCUT2D eigenvalue weighted by molar-refractivity contribution is 0.0600. The number of hydrogen-bond acceptors (Lipinski definition) is 6. The topological polar surface area (TPSA) is 57.0 Å². The standard InChI is InChI=1S/C16H15N3O2S2/c1-19-14(13-7-4-8-22-13)17-18-16(19)23-10-11-5-3-6-12(9-11)15(20)21-2/h3-9H,10H2,1-2H3. The number of hydrogen-bond donors (Lipinski definition) is 0. The maximum Gasteiger partial charge on any atom is 0.337 e. The molecular weight excluding hydrogens is 330 g/mol. The molecule has 3 rings (SSSR count). The number of methoxy groups -OCH3 is 1. The normalized spacial score (nSPS) is 10.7. The quantitative estimate of drug-likeness (QED) is 0.522. The third-order valence-corrected chi connectivity index (χ3v) is 5.25. The molecule has 2 heterocycles. The van der Waals surface area contributed by atoms with Crippen molar-refractivity contribution in [2.45, 2.75) is 10.9 Å². The first-order valence-electron chi connectivity index (χ1n) is 6.92. The van der Waals surface area contributed by atoms with Crippen molar-refractivity contribution in [3.8, 4) is 10.7 Å². The Morgan fingerprint density at radius 3 is 2.91 bits per heavy atom. The van der Waals surface area contributed by atoms with E-state index < -0.39 is 0 Å². The molecule has 2 aromatic heterocycles. The average molecular weight is 345 g/mol. The molecule has 0 aliphatic heterocycles. The summed E-state index contributed by atoms with van der Waals surface area (Å²) >= 11 is 3.23. The summed E-state index contributed by atoms with van der Waals surface area (Å²) in [6.45, 7) is 0. The SMILES string of the molecule is COC(=O)c1cccc(CSc2nnc(-c3cccs3)n2C)c1. The van der Waals surface area contributed by atoms with Crippen LogP contribution in [0.4, 0.5) is 0 Å². The summed E-state index contributed by atoms with van der Waals surface area (Å²) in [4.78, 5) is 12.7. The average Bonchev–Trinajstić information content (AvgIpc) is 3.22. The molecule has 7 heteroatoms. The highest BCUT2D eigenvalue weighted by atomic mass is 32.2. The van der Waals surface area contributed by atoms with E-state index in [4.69, 9.17) is 4.74 Å². The predicted molar refractivity (Wildman–Crippen MR) is 91.7 cm³/mol. The van der Waals surface area contributed by atoms with Crippen molar-refractivity contribution in [3.05, 3.63) is 52.9 Å². The van der Waals surface area contributed by atoms with Gasteiger partial charge in [-0.15, -0.1) is 21.5 Å². The minimum atomic E-state index is -0.324. The fourth-order valence-corrected chi connectivity index (χ4v) is 3.71. The van der Waals surface area contributed by atoms with Crippen LogP contribution in [0, 0.1) is 0 Å². The monoisotopic (exact) mass is 345 g/mol. The molecule has 0 saturated carbocycles. The van der Waals surface area contributed by atoms with E-state index in [0.29, 0.717) is 11.3 Å². The number of rotatable bonds is 5. The molecule has 0 aliphatic carbocycles. The van der Waals surface area contributed by atoms with Crippen molar-refractivity contribution in [1.29, 1.82) is 0 Å². The van der Waals surface area contributed by atoms with Gasteiger partial charge in [0.25, 0.3) is 0 Å². The smallest absolute Gasteiger partial charge is 0.337 e. The van der Waals surface area contributed by atoms with E-state index in [0.717, 1.165) is 21.4 Å². The van der Waals surface area contributed by atoms with Gasteiger partial charge in [0.15, 0.2) is 11.0 Å². The van der Waals surface area contributed by atoms with Gasteiger partial charge in [0.2, 0.25) is 0 Å². The Morgan fingerprint density at radius 2 is 2.17 bits per heavy atom. The summed E-state index contributed by atoms with van der Waals surface area (Å²) < 4.78 is 6.73. The zero-order valence-electron chi connectivity index (χ0n) is 12.7. The molecule has 0 amide bonds. The van der Waals surface area contributed by atoms with E-state index in [9.17, 15) is 4.79 Å². The third kappa shape index (κ3) is 3.46. The molecule has 0 atom stereocenters. The lowest BCUT2D eigenvalue weighted by atomic mass is 10.1. The molecule has 0 bridgehead atoms. The molecule has 5 nitrogen and oxygen atoms in total. The highest BCUT2D eigenvalue weighted by Crippen LogP contribution is 2.27. The van der Waals surface area contributed by atoms with Crippen LogP contribution in [0.5, 0.6) is 0 Å². The maximum absolute atomic E-state index is 11.6. The first-order valence-corrected chi connectivity index (χ1v) is 8.79. The molecule has 0 N–H and O–H groups in total. The Bertz CT molecular complexity index is 813. The summed E-state index contributed by atoms with van der Waals surface area (Å²) in [5.41, 5.74) is 1.60. The minimum absolute atomic E-state index is 0.324. The Kier molecular flexibility index (Phi) is 4.78. The summed E-state index contributed by atoms with van der Waals surface area (Å²) in [6.07, 6.45) is 0. The number of thioether (sulfide) groups is 1. The van der Waals surface area contributed by atoms with E-state index >= 15 is 0 Å². The molecule has 0 aliphatic rings. The Morgan fingerprint density at radius 1 is 1.30 bits per heavy atom. The van der Waals surface area contributed by atoms with Crippen LogP contribution in [-0.4, -0.2) is 27.8 Å². The first kappa shape index (κ1) is 15.8. The molecule has 0 fully saturated rings. The van der Waals surface area contributed by atoms with Gasteiger partial charge in [0, 0.05) is 12.8 Å². The molecule has 0 spiro atoms. The van der Waals surface area contributed by atoms with E-state index in [1.54, 1.807) is 29.2 Å². The van der Waals surface area contributed by atoms with Gasteiger partial charge >= 0.3 is 5.97 Å². The molecule has 0 saturated heterocycles. The van der Waals surface area contributed by atoms with Crippen LogP contribution in [0.15, 0.2) is 46.9 Å². The van der Waals surface area contributed by atoms with Crippen molar-refractivity contribution in [3.63, 3.8) is 0 Å². The molecule has 23 heavy (non-hydrogen) atoms. The van der Waals surface area contributed by atoms with Gasteiger partial charge in [-0.2, -0.15) is 0 Å². The molecular formula is C16H15N3O2S2. The van der Waals surface area contributed by atoms with Gasteiger partial charge < -0.3 is 9.30 Å². The predicted octanol–water partition coefficient (Wildman–Crippen LogP) is 3.62. The number of aromatic nitrogens is 3. The number of nitrogens with zero attached hydrogens (tertiary/aromatic N) is 3. The molecule has 3 aromatic rings. The van der Waals surface area contributed by atoms with Crippen LogP contribution in [0.1, 0.15) is 15.9 Å². The lowest BCUT2D eigenvalue weighted by Crippen LogP contribution is -2.01. The van der Waals surface area contributed by atoms with Crippen molar-refractivity contribution in [2.24, 2.45) is 7.05 Å². The highest BCUT2D eigenvalue weighted by molar-refractivity contribution is 7.98. The molecule has 0 radical (unpaired) electrons. The van der Waals surface area contributed by atoms with E-state index in [1.165, 1.54) is 7.11 Å². The van der Waals surface area contributed by atoms with Crippen LogP contribution in [0.25, 0.3) is 10.7 Å². The van der Waals surface area contributed by atoms with Crippen LogP contribution in [0.3, 0.4) is 0 Å². The third-order valence-electron chi connectivity index (χ3n) is 3.29. The van der Waals surface area contributed by atoms with Gasteiger partial charge in [-0.05, 0) is 29.1 Å². The first-order chi connectivity index (χ1) is 11.2. The molecule has 0 unspecified atom stereocenters. The number of ether oxygens (including phenoxy) is 1.